The van der Waals surface area contributed by atoms with Crippen LogP contribution in [0.25, 0.3) is 0 Å². The molecule has 0 aromatic heterocycles. The number of hydrogen-bond acceptors (Lipinski definition) is 3. The van der Waals surface area contributed by atoms with Gasteiger partial charge in [0, 0.05) is 12.6 Å². The van der Waals surface area contributed by atoms with Crippen molar-refractivity contribution in [3.8, 4) is 0 Å². The Morgan fingerprint density at radius 3 is 2.25 bits per heavy atom. The van der Waals surface area contributed by atoms with Gasteiger partial charge in [0.15, 0.2) is 0 Å². The minimum absolute atomic E-state index is 0.0102. The van der Waals surface area contributed by atoms with Gasteiger partial charge >= 0.3 is 0 Å². The van der Waals surface area contributed by atoms with E-state index in [2.05, 4.69) is 4.72 Å². The Hall–Kier alpha value is -0.130. The zero-order chi connectivity index (χ0) is 9.78. The fraction of sp³-hybridized carbons (Fsp3) is 1.00. The molecular weight excluding hydrogens is 176 g/mol. The lowest BCUT2D eigenvalue weighted by Crippen LogP contribution is -2.41. The standard InChI is InChI=1S/C7H18N2O2S/c1-4-6(2)9-12(10,11)7(3)5-8/h6-7,9H,4-5,8H2,1-3H3. The van der Waals surface area contributed by atoms with E-state index in [9.17, 15) is 8.42 Å². The zero-order valence-corrected chi connectivity index (χ0v) is 8.69. The first kappa shape index (κ1) is 11.9. The SMILES string of the molecule is CCC(C)NS(=O)(=O)C(C)CN. The molecule has 0 heterocycles. The van der Waals surface area contributed by atoms with Crippen molar-refractivity contribution in [3.05, 3.63) is 0 Å². The van der Waals surface area contributed by atoms with Gasteiger partial charge in [0.2, 0.25) is 10.0 Å². The molecule has 5 heteroatoms. The lowest BCUT2D eigenvalue weighted by atomic mass is 10.3. The Kier molecular flexibility index (Phi) is 4.74. The van der Waals surface area contributed by atoms with Crippen LogP contribution >= 0.6 is 0 Å². The number of hydrogen-bond donors (Lipinski definition) is 2. The van der Waals surface area contributed by atoms with E-state index in [1.165, 1.54) is 0 Å². The van der Waals surface area contributed by atoms with E-state index in [0.717, 1.165) is 6.42 Å². The van der Waals surface area contributed by atoms with Crippen LogP contribution in [0.2, 0.25) is 0 Å². The van der Waals surface area contributed by atoms with Gasteiger partial charge in [-0.25, -0.2) is 13.1 Å². The molecule has 4 nitrogen and oxygen atoms in total. The third-order valence-electron chi connectivity index (χ3n) is 1.84. The topological polar surface area (TPSA) is 72.2 Å². The van der Waals surface area contributed by atoms with Crippen LogP contribution in [0.1, 0.15) is 27.2 Å². The van der Waals surface area contributed by atoms with Crippen LogP contribution in [0, 0.1) is 0 Å². The number of rotatable bonds is 5. The molecule has 12 heavy (non-hydrogen) atoms. The number of sulfonamides is 1. The van der Waals surface area contributed by atoms with Gasteiger partial charge in [-0.2, -0.15) is 0 Å². The summed E-state index contributed by atoms with van der Waals surface area (Å²) in [4.78, 5) is 0. The van der Waals surface area contributed by atoms with Crippen LogP contribution in [0.15, 0.2) is 0 Å². The maximum Gasteiger partial charge on any atom is 0.215 e. The second kappa shape index (κ2) is 4.79. The Bertz CT molecular complexity index is 213. The summed E-state index contributed by atoms with van der Waals surface area (Å²) in [6.45, 7) is 5.53. The largest absolute Gasteiger partial charge is 0.329 e. The first-order valence-corrected chi connectivity index (χ1v) is 5.69. The normalized spacial score (nSPS) is 17.3. The molecule has 0 radical (unpaired) electrons. The summed E-state index contributed by atoms with van der Waals surface area (Å²) in [6, 6.07) is -0.0102. The van der Waals surface area contributed by atoms with Crippen molar-refractivity contribution in [1.29, 1.82) is 0 Å². The van der Waals surface area contributed by atoms with Gasteiger partial charge in [-0.1, -0.05) is 6.92 Å². The first-order valence-electron chi connectivity index (χ1n) is 4.15. The highest BCUT2D eigenvalue weighted by Gasteiger charge is 2.20. The summed E-state index contributed by atoms with van der Waals surface area (Å²) in [5.41, 5.74) is 5.26. The quantitative estimate of drug-likeness (QED) is 0.649. The van der Waals surface area contributed by atoms with Gasteiger partial charge in [-0.05, 0) is 20.3 Å². The van der Waals surface area contributed by atoms with Crippen molar-refractivity contribution in [1.82, 2.24) is 4.72 Å². The molecule has 0 aliphatic carbocycles. The predicted octanol–water partition coefficient (Wildman–Crippen LogP) is 0.0515. The molecule has 74 valence electrons. The van der Waals surface area contributed by atoms with Gasteiger partial charge in [-0.15, -0.1) is 0 Å². The van der Waals surface area contributed by atoms with Gasteiger partial charge in [-0.3, -0.25) is 0 Å². The van der Waals surface area contributed by atoms with E-state index >= 15 is 0 Å². The monoisotopic (exact) mass is 194 g/mol. The number of nitrogens with one attached hydrogen (secondary N) is 1. The molecule has 0 aromatic rings. The zero-order valence-electron chi connectivity index (χ0n) is 7.87. The van der Waals surface area contributed by atoms with Gasteiger partial charge in [0.05, 0.1) is 5.25 Å². The number of nitrogens with two attached hydrogens (primary N) is 1. The van der Waals surface area contributed by atoms with Gasteiger partial charge in [0.25, 0.3) is 0 Å². The summed E-state index contributed by atoms with van der Waals surface area (Å²) in [5, 5.41) is -0.508. The molecule has 0 saturated heterocycles. The fourth-order valence-corrected chi connectivity index (χ4v) is 1.82. The van der Waals surface area contributed by atoms with E-state index in [-0.39, 0.29) is 12.6 Å². The predicted molar refractivity (Wildman–Crippen MR) is 50.3 cm³/mol. The highest BCUT2D eigenvalue weighted by molar-refractivity contribution is 7.90. The second-order valence-electron chi connectivity index (χ2n) is 3.02. The first-order chi connectivity index (χ1) is 5.44. The molecule has 2 atom stereocenters. The van der Waals surface area contributed by atoms with E-state index in [4.69, 9.17) is 5.73 Å². The van der Waals surface area contributed by atoms with Crippen LogP contribution in [-0.4, -0.2) is 26.3 Å². The van der Waals surface area contributed by atoms with Crippen LogP contribution in [0.4, 0.5) is 0 Å². The van der Waals surface area contributed by atoms with Gasteiger partial charge < -0.3 is 5.73 Å². The van der Waals surface area contributed by atoms with E-state index in [1.54, 1.807) is 6.92 Å². The maximum absolute atomic E-state index is 11.3. The molecule has 0 bridgehead atoms. The summed E-state index contributed by atoms with van der Waals surface area (Å²) in [6.07, 6.45) is 0.788. The van der Waals surface area contributed by atoms with E-state index in [1.807, 2.05) is 13.8 Å². The minimum atomic E-state index is -3.20. The lowest BCUT2D eigenvalue weighted by molar-refractivity contribution is 0.545. The smallest absolute Gasteiger partial charge is 0.215 e. The minimum Gasteiger partial charge on any atom is -0.329 e. The van der Waals surface area contributed by atoms with Crippen LogP contribution in [-0.2, 0) is 10.0 Å². The van der Waals surface area contributed by atoms with Crippen molar-refractivity contribution in [2.45, 2.75) is 38.5 Å². The van der Waals surface area contributed by atoms with E-state index < -0.39 is 15.3 Å². The summed E-state index contributed by atoms with van der Waals surface area (Å²) in [5.74, 6) is 0. The Labute approximate surface area is 74.6 Å². The summed E-state index contributed by atoms with van der Waals surface area (Å²) in [7, 11) is -3.20. The molecule has 0 aromatic carbocycles. The Balaban J connectivity index is 4.23. The van der Waals surface area contributed by atoms with Gasteiger partial charge in [0.1, 0.15) is 0 Å². The molecule has 2 unspecified atom stereocenters. The van der Waals surface area contributed by atoms with Crippen molar-refractivity contribution in [2.24, 2.45) is 5.73 Å². The van der Waals surface area contributed by atoms with Crippen molar-refractivity contribution in [2.75, 3.05) is 6.54 Å². The van der Waals surface area contributed by atoms with Crippen LogP contribution < -0.4 is 10.5 Å². The third kappa shape index (κ3) is 3.51. The summed E-state index contributed by atoms with van der Waals surface area (Å²) >= 11 is 0. The third-order valence-corrected chi connectivity index (χ3v) is 3.82. The summed E-state index contributed by atoms with van der Waals surface area (Å²) < 4.78 is 25.2. The average Bonchev–Trinajstić information content (AvgIpc) is 2.02. The maximum atomic E-state index is 11.3. The molecule has 0 fully saturated rings. The fourth-order valence-electron chi connectivity index (χ4n) is 0.607. The highest BCUT2D eigenvalue weighted by atomic mass is 32.2. The lowest BCUT2D eigenvalue weighted by Gasteiger charge is -2.15. The molecular formula is C7H18N2O2S. The molecule has 0 aliphatic heterocycles. The Morgan fingerprint density at radius 1 is 1.42 bits per heavy atom. The highest BCUT2D eigenvalue weighted by Crippen LogP contribution is 1.99. The average molecular weight is 194 g/mol. The Morgan fingerprint density at radius 2 is 1.92 bits per heavy atom. The van der Waals surface area contributed by atoms with Crippen molar-refractivity contribution in [3.63, 3.8) is 0 Å². The molecule has 0 spiro atoms. The molecule has 0 rings (SSSR count). The van der Waals surface area contributed by atoms with Crippen LogP contribution in [0.5, 0.6) is 0 Å². The molecule has 0 amide bonds. The second-order valence-corrected chi connectivity index (χ2v) is 5.15. The van der Waals surface area contributed by atoms with Crippen LogP contribution in [0.3, 0.4) is 0 Å². The molecule has 0 aliphatic rings. The van der Waals surface area contributed by atoms with Crippen molar-refractivity contribution >= 4 is 10.0 Å². The van der Waals surface area contributed by atoms with E-state index in [0.29, 0.717) is 0 Å². The van der Waals surface area contributed by atoms with Crippen molar-refractivity contribution < 1.29 is 8.42 Å². The molecule has 0 saturated carbocycles. The molecule has 3 N–H and O–H groups in total.